The Kier molecular flexibility index (Phi) is 2.73. The maximum Gasteiger partial charge on any atom is 0.138 e. The van der Waals surface area contributed by atoms with Crippen LogP contribution in [0.25, 0.3) is 0 Å². The topological polar surface area (TPSA) is 35.2 Å². The van der Waals surface area contributed by atoms with E-state index in [0.717, 1.165) is 24.8 Å². The minimum absolute atomic E-state index is 0.283. The highest BCUT2D eigenvalue weighted by Gasteiger charge is 2.37. The first-order valence-corrected chi connectivity index (χ1v) is 5.68. The van der Waals surface area contributed by atoms with E-state index in [0.29, 0.717) is 10.2 Å². The Morgan fingerprint density at radius 1 is 1.47 bits per heavy atom. The van der Waals surface area contributed by atoms with Gasteiger partial charge in [0.1, 0.15) is 11.6 Å². The van der Waals surface area contributed by atoms with Gasteiger partial charge in [-0.1, -0.05) is 0 Å². The van der Waals surface area contributed by atoms with Crippen molar-refractivity contribution in [2.75, 3.05) is 7.11 Å². The van der Waals surface area contributed by atoms with Crippen molar-refractivity contribution in [1.29, 1.82) is 0 Å². The van der Waals surface area contributed by atoms with Crippen molar-refractivity contribution < 1.29 is 9.13 Å². The summed E-state index contributed by atoms with van der Waals surface area (Å²) in [5.74, 6) is 0.369. The van der Waals surface area contributed by atoms with Gasteiger partial charge in [0.25, 0.3) is 0 Å². The molecule has 1 aromatic rings. The summed E-state index contributed by atoms with van der Waals surface area (Å²) < 4.78 is 19.2. The zero-order valence-electron chi connectivity index (χ0n) is 8.52. The molecule has 0 amide bonds. The van der Waals surface area contributed by atoms with E-state index in [-0.39, 0.29) is 5.82 Å². The molecule has 1 fully saturated rings. The number of methoxy groups -OCH3 is 1. The Morgan fingerprint density at radius 2 is 2.13 bits per heavy atom. The molecule has 4 heteroatoms. The molecule has 0 unspecified atom stereocenters. The summed E-state index contributed by atoms with van der Waals surface area (Å²) in [6.45, 7) is 0. The monoisotopic (exact) mass is 273 g/mol. The Morgan fingerprint density at radius 3 is 2.60 bits per heavy atom. The standard InChI is InChI=1S/C11H13BrFNO/c1-15-10-8(11(14)3-2-4-11)5-7(13)6-9(10)12/h5-6H,2-4,14H2,1H3. The van der Waals surface area contributed by atoms with Crippen LogP contribution in [0.5, 0.6) is 5.75 Å². The predicted octanol–water partition coefficient (Wildman–Crippen LogP) is 2.93. The van der Waals surface area contributed by atoms with Crippen molar-refractivity contribution in [2.24, 2.45) is 5.73 Å². The number of hydrogen-bond donors (Lipinski definition) is 1. The van der Waals surface area contributed by atoms with Crippen LogP contribution >= 0.6 is 15.9 Å². The molecule has 15 heavy (non-hydrogen) atoms. The maximum absolute atomic E-state index is 13.3. The number of hydrogen-bond acceptors (Lipinski definition) is 2. The first-order chi connectivity index (χ1) is 7.07. The van der Waals surface area contributed by atoms with Crippen LogP contribution < -0.4 is 10.5 Å². The van der Waals surface area contributed by atoms with Gasteiger partial charge in [-0.2, -0.15) is 0 Å². The highest BCUT2D eigenvalue weighted by molar-refractivity contribution is 9.10. The van der Waals surface area contributed by atoms with Gasteiger partial charge >= 0.3 is 0 Å². The average Bonchev–Trinajstić information content (AvgIpc) is 2.13. The van der Waals surface area contributed by atoms with E-state index in [9.17, 15) is 4.39 Å². The van der Waals surface area contributed by atoms with Crippen LogP contribution in [0.3, 0.4) is 0 Å². The fraction of sp³-hybridized carbons (Fsp3) is 0.455. The van der Waals surface area contributed by atoms with E-state index in [1.54, 1.807) is 7.11 Å². The molecule has 0 aliphatic heterocycles. The van der Waals surface area contributed by atoms with Crippen LogP contribution in [-0.4, -0.2) is 7.11 Å². The van der Waals surface area contributed by atoms with E-state index in [1.165, 1.54) is 12.1 Å². The molecule has 1 aromatic carbocycles. The molecule has 0 aromatic heterocycles. The first-order valence-electron chi connectivity index (χ1n) is 4.89. The van der Waals surface area contributed by atoms with Crippen molar-refractivity contribution >= 4 is 15.9 Å². The van der Waals surface area contributed by atoms with E-state index >= 15 is 0 Å². The van der Waals surface area contributed by atoms with Crippen LogP contribution in [-0.2, 0) is 5.54 Å². The molecule has 2 rings (SSSR count). The summed E-state index contributed by atoms with van der Waals surface area (Å²) in [4.78, 5) is 0. The summed E-state index contributed by atoms with van der Waals surface area (Å²) in [7, 11) is 1.57. The van der Waals surface area contributed by atoms with Crippen LogP contribution in [0, 0.1) is 5.82 Å². The normalized spacial score (nSPS) is 18.4. The van der Waals surface area contributed by atoms with Crippen molar-refractivity contribution in [3.05, 3.63) is 28.0 Å². The molecule has 2 N–H and O–H groups in total. The zero-order chi connectivity index (χ0) is 11.1. The molecular weight excluding hydrogens is 261 g/mol. The van der Waals surface area contributed by atoms with E-state index < -0.39 is 5.54 Å². The largest absolute Gasteiger partial charge is 0.495 e. The van der Waals surface area contributed by atoms with Crippen LogP contribution in [0.15, 0.2) is 16.6 Å². The van der Waals surface area contributed by atoms with Crippen LogP contribution in [0.1, 0.15) is 24.8 Å². The Bertz CT molecular complexity index is 390. The lowest BCUT2D eigenvalue weighted by Gasteiger charge is -2.39. The third-order valence-corrected chi connectivity index (χ3v) is 3.58. The smallest absolute Gasteiger partial charge is 0.138 e. The number of nitrogens with two attached hydrogens (primary N) is 1. The van der Waals surface area contributed by atoms with Gasteiger partial charge in [-0.15, -0.1) is 0 Å². The lowest BCUT2D eigenvalue weighted by atomic mass is 9.72. The number of rotatable bonds is 2. The summed E-state index contributed by atoms with van der Waals surface area (Å²) in [6.07, 6.45) is 2.87. The lowest BCUT2D eigenvalue weighted by Crippen LogP contribution is -2.43. The molecule has 0 bridgehead atoms. The lowest BCUT2D eigenvalue weighted by molar-refractivity contribution is 0.242. The van der Waals surface area contributed by atoms with Crippen LogP contribution in [0.4, 0.5) is 4.39 Å². The molecule has 1 aliphatic carbocycles. The van der Waals surface area contributed by atoms with Crippen molar-refractivity contribution in [3.63, 3.8) is 0 Å². The first kappa shape index (κ1) is 10.9. The van der Waals surface area contributed by atoms with Gasteiger partial charge in [0.15, 0.2) is 0 Å². The molecule has 0 spiro atoms. The highest BCUT2D eigenvalue weighted by atomic mass is 79.9. The second kappa shape index (κ2) is 3.76. The summed E-state index contributed by atoms with van der Waals surface area (Å²) in [6, 6.07) is 2.87. The van der Waals surface area contributed by atoms with E-state index in [4.69, 9.17) is 10.5 Å². The molecule has 0 heterocycles. The van der Waals surface area contributed by atoms with Crippen molar-refractivity contribution in [1.82, 2.24) is 0 Å². The SMILES string of the molecule is COc1c(Br)cc(F)cc1C1(N)CCC1. The van der Waals surface area contributed by atoms with Gasteiger partial charge in [0.2, 0.25) is 0 Å². The molecule has 1 saturated carbocycles. The number of ether oxygens (including phenoxy) is 1. The summed E-state index contributed by atoms with van der Waals surface area (Å²) in [5, 5.41) is 0. The van der Waals surface area contributed by atoms with Crippen molar-refractivity contribution in [3.8, 4) is 5.75 Å². The maximum atomic E-state index is 13.3. The van der Waals surface area contributed by atoms with Crippen LogP contribution in [0.2, 0.25) is 0 Å². The van der Waals surface area contributed by atoms with Gasteiger partial charge in [-0.3, -0.25) is 0 Å². The molecule has 82 valence electrons. The Labute approximate surface area is 96.7 Å². The van der Waals surface area contributed by atoms with Crippen molar-refractivity contribution in [2.45, 2.75) is 24.8 Å². The summed E-state index contributed by atoms with van der Waals surface area (Å²) >= 11 is 3.28. The zero-order valence-corrected chi connectivity index (χ0v) is 10.1. The molecule has 0 radical (unpaired) electrons. The average molecular weight is 274 g/mol. The minimum atomic E-state index is -0.407. The molecule has 2 nitrogen and oxygen atoms in total. The Balaban J connectivity index is 2.53. The number of benzene rings is 1. The second-order valence-corrected chi connectivity index (χ2v) is 4.83. The predicted molar refractivity (Wildman–Crippen MR) is 60.4 cm³/mol. The van der Waals surface area contributed by atoms with Gasteiger partial charge in [-0.05, 0) is 47.3 Å². The molecule has 0 saturated heterocycles. The Hall–Kier alpha value is -0.610. The second-order valence-electron chi connectivity index (χ2n) is 3.98. The molecular formula is C11H13BrFNO. The van der Waals surface area contributed by atoms with Gasteiger partial charge < -0.3 is 10.5 Å². The molecule has 1 aliphatic rings. The van der Waals surface area contributed by atoms with Gasteiger partial charge in [0.05, 0.1) is 11.6 Å². The fourth-order valence-electron chi connectivity index (χ4n) is 1.96. The fourth-order valence-corrected chi connectivity index (χ4v) is 2.56. The summed E-state index contributed by atoms with van der Waals surface area (Å²) in [5.41, 5.74) is 6.53. The number of halogens is 2. The third kappa shape index (κ3) is 1.76. The molecule has 0 atom stereocenters. The van der Waals surface area contributed by atoms with Gasteiger partial charge in [-0.25, -0.2) is 4.39 Å². The van der Waals surface area contributed by atoms with E-state index in [1.807, 2.05) is 0 Å². The van der Waals surface area contributed by atoms with Gasteiger partial charge in [0, 0.05) is 11.1 Å². The van der Waals surface area contributed by atoms with E-state index in [2.05, 4.69) is 15.9 Å². The highest BCUT2D eigenvalue weighted by Crippen LogP contribution is 2.45. The third-order valence-electron chi connectivity index (χ3n) is 2.99. The quantitative estimate of drug-likeness (QED) is 0.899. The minimum Gasteiger partial charge on any atom is -0.495 e.